The summed E-state index contributed by atoms with van der Waals surface area (Å²) in [6, 6.07) is 11.6. The number of rotatable bonds is 2. The van der Waals surface area contributed by atoms with Crippen LogP contribution < -0.4 is 0 Å². The second-order valence-electron chi connectivity index (χ2n) is 5.32. The summed E-state index contributed by atoms with van der Waals surface area (Å²) >= 11 is 8.36. The number of hydrogen-bond donors (Lipinski definition) is 0. The standard InChI is InChI=1S/C18H13ClINO2/c1-10-3-4-11(2)12(7-10)8-16-18(22)23-17(21-16)14-9-13(20)5-6-15(14)19/h3-9H,1-2H3. The van der Waals surface area contributed by atoms with Crippen molar-refractivity contribution in [3.8, 4) is 0 Å². The van der Waals surface area contributed by atoms with Gasteiger partial charge < -0.3 is 4.74 Å². The van der Waals surface area contributed by atoms with Crippen LogP contribution in [0.5, 0.6) is 0 Å². The molecule has 3 nitrogen and oxygen atoms in total. The van der Waals surface area contributed by atoms with E-state index in [1.54, 1.807) is 12.1 Å². The Morgan fingerprint density at radius 1 is 1.17 bits per heavy atom. The van der Waals surface area contributed by atoms with Crippen molar-refractivity contribution in [2.75, 3.05) is 0 Å². The third-order valence-electron chi connectivity index (χ3n) is 3.51. The van der Waals surface area contributed by atoms with Crippen LogP contribution >= 0.6 is 34.2 Å². The highest BCUT2D eigenvalue weighted by Crippen LogP contribution is 2.26. The Hall–Kier alpha value is -1.66. The first-order chi connectivity index (χ1) is 10.9. The van der Waals surface area contributed by atoms with Crippen LogP contribution in [-0.2, 0) is 9.53 Å². The van der Waals surface area contributed by atoms with Gasteiger partial charge in [0.05, 0.1) is 10.6 Å². The van der Waals surface area contributed by atoms with Crippen LogP contribution in [0.4, 0.5) is 0 Å². The zero-order valence-corrected chi connectivity index (χ0v) is 15.5. The van der Waals surface area contributed by atoms with Gasteiger partial charge >= 0.3 is 5.97 Å². The van der Waals surface area contributed by atoms with Crippen LogP contribution in [0.3, 0.4) is 0 Å². The lowest BCUT2D eigenvalue weighted by Gasteiger charge is -2.02. The highest BCUT2D eigenvalue weighted by atomic mass is 127. The number of hydrogen-bond acceptors (Lipinski definition) is 3. The quantitative estimate of drug-likeness (QED) is 0.381. The topological polar surface area (TPSA) is 38.7 Å². The van der Waals surface area contributed by atoms with Gasteiger partial charge in [-0.2, -0.15) is 0 Å². The van der Waals surface area contributed by atoms with Gasteiger partial charge in [-0.3, -0.25) is 0 Å². The molecule has 1 heterocycles. The minimum Gasteiger partial charge on any atom is -0.402 e. The van der Waals surface area contributed by atoms with E-state index in [1.807, 2.05) is 44.2 Å². The number of carbonyl (C=O) groups excluding carboxylic acids is 1. The average molecular weight is 438 g/mol. The largest absolute Gasteiger partial charge is 0.402 e. The summed E-state index contributed by atoms with van der Waals surface area (Å²) in [6.45, 7) is 4.00. The molecule has 3 rings (SSSR count). The van der Waals surface area contributed by atoms with Crippen molar-refractivity contribution in [2.24, 2.45) is 4.99 Å². The Morgan fingerprint density at radius 2 is 1.96 bits per heavy atom. The number of aryl methyl sites for hydroxylation is 2. The molecule has 1 aliphatic rings. The van der Waals surface area contributed by atoms with Crippen LogP contribution in [0.2, 0.25) is 5.02 Å². The third kappa shape index (κ3) is 3.48. The predicted molar refractivity (Wildman–Crippen MR) is 101 cm³/mol. The van der Waals surface area contributed by atoms with Gasteiger partial charge in [0.15, 0.2) is 5.70 Å². The molecule has 0 saturated carbocycles. The second kappa shape index (κ2) is 6.45. The van der Waals surface area contributed by atoms with Crippen molar-refractivity contribution >= 4 is 52.1 Å². The highest BCUT2D eigenvalue weighted by molar-refractivity contribution is 14.1. The Bertz CT molecular complexity index is 871. The maximum atomic E-state index is 12.1. The molecule has 0 aromatic heterocycles. The molecule has 0 fully saturated rings. The Labute approximate surface area is 153 Å². The summed E-state index contributed by atoms with van der Waals surface area (Å²) in [5, 5.41) is 0.505. The van der Waals surface area contributed by atoms with Crippen LogP contribution in [0.15, 0.2) is 47.1 Å². The maximum absolute atomic E-state index is 12.1. The first-order valence-electron chi connectivity index (χ1n) is 6.99. The SMILES string of the molecule is Cc1ccc(C)c(C=C2N=C(c3cc(I)ccc3Cl)OC2=O)c1. The lowest BCUT2D eigenvalue weighted by molar-refractivity contribution is -0.129. The fourth-order valence-electron chi connectivity index (χ4n) is 2.25. The van der Waals surface area contributed by atoms with Gasteiger partial charge in [0, 0.05) is 3.57 Å². The van der Waals surface area contributed by atoms with E-state index < -0.39 is 5.97 Å². The van der Waals surface area contributed by atoms with Gasteiger partial charge in [-0.25, -0.2) is 9.79 Å². The van der Waals surface area contributed by atoms with Crippen LogP contribution in [-0.4, -0.2) is 11.9 Å². The molecule has 1 aliphatic heterocycles. The molecule has 0 unspecified atom stereocenters. The van der Waals surface area contributed by atoms with E-state index in [9.17, 15) is 4.79 Å². The molecule has 2 aromatic carbocycles. The molecule has 0 saturated heterocycles. The summed E-state index contributed by atoms with van der Waals surface area (Å²) in [5.41, 5.74) is 4.06. The Balaban J connectivity index is 2.03. The molecule has 0 amide bonds. The molecule has 2 aromatic rings. The van der Waals surface area contributed by atoms with Crippen molar-refractivity contribution in [1.29, 1.82) is 0 Å². The molecule has 0 aliphatic carbocycles. The van der Waals surface area contributed by atoms with E-state index in [1.165, 1.54) is 0 Å². The van der Waals surface area contributed by atoms with Crippen LogP contribution in [0.1, 0.15) is 22.3 Å². The Morgan fingerprint density at radius 3 is 2.74 bits per heavy atom. The van der Waals surface area contributed by atoms with Crippen LogP contribution in [0, 0.1) is 17.4 Å². The van der Waals surface area contributed by atoms with Gasteiger partial charge in [0.1, 0.15) is 0 Å². The summed E-state index contributed by atoms with van der Waals surface area (Å²) in [7, 11) is 0. The lowest BCUT2D eigenvalue weighted by atomic mass is 10.0. The number of halogens is 2. The number of carbonyl (C=O) groups is 1. The molecular formula is C18H13ClINO2. The molecular weight excluding hydrogens is 425 g/mol. The van der Waals surface area contributed by atoms with Gasteiger partial charge in [-0.05, 0) is 71.8 Å². The maximum Gasteiger partial charge on any atom is 0.363 e. The van der Waals surface area contributed by atoms with Crippen molar-refractivity contribution < 1.29 is 9.53 Å². The highest BCUT2D eigenvalue weighted by Gasteiger charge is 2.25. The molecule has 0 N–H and O–H groups in total. The molecule has 116 valence electrons. The number of benzene rings is 2. The Kier molecular flexibility index (Phi) is 4.55. The fourth-order valence-corrected chi connectivity index (χ4v) is 2.94. The zero-order valence-electron chi connectivity index (χ0n) is 12.6. The van der Waals surface area contributed by atoms with Gasteiger partial charge in [0.2, 0.25) is 5.90 Å². The fraction of sp³-hybridized carbons (Fsp3) is 0.111. The first kappa shape index (κ1) is 16.2. The van der Waals surface area contributed by atoms with Crippen molar-refractivity contribution in [3.05, 3.63) is 72.9 Å². The van der Waals surface area contributed by atoms with E-state index in [2.05, 4.69) is 27.6 Å². The predicted octanol–water partition coefficient (Wildman–Crippen LogP) is 4.91. The van der Waals surface area contributed by atoms with E-state index in [0.29, 0.717) is 10.6 Å². The number of cyclic esters (lactones) is 1. The summed E-state index contributed by atoms with van der Waals surface area (Å²) < 4.78 is 6.29. The number of ether oxygens (including phenoxy) is 1. The summed E-state index contributed by atoms with van der Waals surface area (Å²) in [4.78, 5) is 16.4. The van der Waals surface area contributed by atoms with E-state index in [-0.39, 0.29) is 11.6 Å². The molecule has 23 heavy (non-hydrogen) atoms. The van der Waals surface area contributed by atoms with E-state index in [4.69, 9.17) is 16.3 Å². The zero-order chi connectivity index (χ0) is 16.6. The minimum absolute atomic E-state index is 0.245. The van der Waals surface area contributed by atoms with Crippen molar-refractivity contribution in [1.82, 2.24) is 0 Å². The molecule has 0 spiro atoms. The van der Waals surface area contributed by atoms with Crippen molar-refractivity contribution in [2.45, 2.75) is 13.8 Å². The number of nitrogens with zero attached hydrogens (tertiary/aromatic N) is 1. The smallest absolute Gasteiger partial charge is 0.363 e. The van der Waals surface area contributed by atoms with Crippen molar-refractivity contribution in [3.63, 3.8) is 0 Å². The number of esters is 1. The lowest BCUT2D eigenvalue weighted by Crippen LogP contribution is -2.06. The van der Waals surface area contributed by atoms with E-state index >= 15 is 0 Å². The van der Waals surface area contributed by atoms with Gasteiger partial charge in [-0.1, -0.05) is 35.4 Å². The summed E-state index contributed by atoms with van der Waals surface area (Å²) in [5.74, 6) is -0.217. The average Bonchev–Trinajstić information content (AvgIpc) is 2.86. The second-order valence-corrected chi connectivity index (χ2v) is 6.97. The van der Waals surface area contributed by atoms with Gasteiger partial charge in [0.25, 0.3) is 0 Å². The first-order valence-corrected chi connectivity index (χ1v) is 8.45. The monoisotopic (exact) mass is 437 g/mol. The van der Waals surface area contributed by atoms with E-state index in [0.717, 1.165) is 20.3 Å². The molecule has 5 heteroatoms. The molecule has 0 atom stereocenters. The minimum atomic E-state index is -0.462. The third-order valence-corrected chi connectivity index (χ3v) is 4.51. The number of aliphatic imine (C=N–C) groups is 1. The van der Waals surface area contributed by atoms with Gasteiger partial charge in [-0.15, -0.1) is 0 Å². The molecule has 0 bridgehead atoms. The normalized spacial score (nSPS) is 15.7. The summed E-state index contributed by atoms with van der Waals surface area (Å²) in [6.07, 6.45) is 1.75. The van der Waals surface area contributed by atoms with Crippen LogP contribution in [0.25, 0.3) is 6.08 Å². The molecule has 0 radical (unpaired) electrons.